The fraction of sp³-hybridized carbons (Fsp3) is 0.375. The van der Waals surface area contributed by atoms with Gasteiger partial charge < -0.3 is 0 Å². The number of carbonyl (C=O) groups is 1. The van der Waals surface area contributed by atoms with Crippen LogP contribution in [-0.2, 0) is 0 Å². The number of benzene rings is 1. The van der Waals surface area contributed by atoms with Crippen LogP contribution in [0.4, 0.5) is 0 Å². The Labute approximate surface area is 171 Å². The summed E-state index contributed by atoms with van der Waals surface area (Å²) in [5.41, 5.74) is 4.40. The molecular weight excluding hydrogens is 364 g/mol. The van der Waals surface area contributed by atoms with Crippen LogP contribution in [0.1, 0.15) is 65.5 Å². The number of pyridine rings is 1. The fourth-order valence-corrected chi connectivity index (χ4v) is 4.54. The lowest BCUT2D eigenvalue weighted by molar-refractivity contribution is 0.0979. The Hall–Kier alpha value is -2.33. The Bertz CT molecular complexity index is 914. The van der Waals surface area contributed by atoms with E-state index in [2.05, 4.69) is 55.0 Å². The summed E-state index contributed by atoms with van der Waals surface area (Å²) in [4.78, 5) is 22.5. The topological polar surface area (TPSA) is 42.9 Å². The second-order valence-corrected chi connectivity index (χ2v) is 8.87. The molecule has 4 heteroatoms. The first-order valence-corrected chi connectivity index (χ1v) is 10.7. The molecule has 0 fully saturated rings. The van der Waals surface area contributed by atoms with Gasteiger partial charge in [0.1, 0.15) is 5.01 Å². The van der Waals surface area contributed by atoms with Gasteiger partial charge in [0.15, 0.2) is 5.78 Å². The minimum Gasteiger partial charge on any atom is -0.293 e. The number of carbonyl (C=O) groups excluding carboxylic acids is 1. The quantitative estimate of drug-likeness (QED) is 0.405. The normalized spacial score (nSPS) is 12.3. The Balaban J connectivity index is 1.72. The summed E-state index contributed by atoms with van der Waals surface area (Å²) in [5, 5.41) is 0.867. The minimum absolute atomic E-state index is 0.200. The highest BCUT2D eigenvalue weighted by Gasteiger charge is 2.20. The molecule has 3 aromatic rings. The number of hydrogen-bond donors (Lipinski definition) is 0. The molecule has 1 aromatic carbocycles. The predicted molar refractivity (Wildman–Crippen MR) is 117 cm³/mol. The molecule has 2 aromatic heterocycles. The summed E-state index contributed by atoms with van der Waals surface area (Å²) < 4.78 is 0. The van der Waals surface area contributed by atoms with Crippen LogP contribution in [0.25, 0.3) is 10.6 Å². The van der Waals surface area contributed by atoms with Gasteiger partial charge in [0, 0.05) is 24.4 Å². The van der Waals surface area contributed by atoms with Crippen LogP contribution >= 0.6 is 11.3 Å². The number of hydrogen-bond acceptors (Lipinski definition) is 4. The van der Waals surface area contributed by atoms with E-state index >= 15 is 0 Å². The van der Waals surface area contributed by atoms with Crippen LogP contribution in [-0.4, -0.2) is 15.8 Å². The number of aryl methyl sites for hydroxylation is 2. The molecule has 0 aliphatic heterocycles. The average Bonchev–Trinajstić information content (AvgIpc) is 3.08. The summed E-state index contributed by atoms with van der Waals surface area (Å²) in [6.45, 7) is 8.53. The van der Waals surface area contributed by atoms with E-state index in [0.29, 0.717) is 18.3 Å². The van der Waals surface area contributed by atoms with E-state index in [1.165, 1.54) is 22.5 Å². The van der Waals surface area contributed by atoms with Crippen LogP contribution in [0.3, 0.4) is 0 Å². The van der Waals surface area contributed by atoms with Gasteiger partial charge in [-0.15, -0.1) is 11.3 Å². The SMILES string of the molecule is Cc1ccc(C(CCC(=O)c2sc(-c3cccnc3)nc2C)CC(C)C)cc1. The van der Waals surface area contributed by atoms with Crippen molar-refractivity contribution >= 4 is 17.1 Å². The zero-order valence-corrected chi connectivity index (χ0v) is 17.9. The molecule has 1 atom stereocenters. The van der Waals surface area contributed by atoms with Gasteiger partial charge in [-0.25, -0.2) is 4.98 Å². The zero-order chi connectivity index (χ0) is 20.1. The van der Waals surface area contributed by atoms with E-state index in [9.17, 15) is 4.79 Å². The van der Waals surface area contributed by atoms with E-state index in [1.807, 2.05) is 19.1 Å². The second-order valence-electron chi connectivity index (χ2n) is 7.87. The molecule has 0 aliphatic carbocycles. The second kappa shape index (κ2) is 9.24. The van der Waals surface area contributed by atoms with Gasteiger partial charge in [0.05, 0.1) is 10.6 Å². The van der Waals surface area contributed by atoms with Crippen molar-refractivity contribution in [1.82, 2.24) is 9.97 Å². The summed E-state index contributed by atoms with van der Waals surface area (Å²) in [7, 11) is 0. The maximum Gasteiger partial charge on any atom is 0.174 e. The Morgan fingerprint density at radius 3 is 2.50 bits per heavy atom. The number of Topliss-reactive ketones (excluding diaryl/α,β-unsaturated/α-hetero) is 1. The molecule has 28 heavy (non-hydrogen) atoms. The third-order valence-corrected chi connectivity index (χ3v) is 6.23. The van der Waals surface area contributed by atoms with Crippen molar-refractivity contribution in [3.05, 3.63) is 70.5 Å². The van der Waals surface area contributed by atoms with Crippen molar-refractivity contribution in [2.75, 3.05) is 0 Å². The van der Waals surface area contributed by atoms with Crippen molar-refractivity contribution in [3.63, 3.8) is 0 Å². The number of thiazole rings is 1. The van der Waals surface area contributed by atoms with Gasteiger partial charge in [0.2, 0.25) is 0 Å². The van der Waals surface area contributed by atoms with Crippen molar-refractivity contribution in [2.45, 2.75) is 52.9 Å². The number of ketones is 1. The molecule has 0 N–H and O–H groups in total. The van der Waals surface area contributed by atoms with Gasteiger partial charge >= 0.3 is 0 Å². The van der Waals surface area contributed by atoms with Crippen LogP contribution < -0.4 is 0 Å². The first kappa shape index (κ1) is 20.4. The molecule has 2 heterocycles. The number of rotatable bonds is 8. The lowest BCUT2D eigenvalue weighted by Crippen LogP contribution is -2.07. The monoisotopic (exact) mass is 392 g/mol. The largest absolute Gasteiger partial charge is 0.293 e. The van der Waals surface area contributed by atoms with Crippen molar-refractivity contribution in [3.8, 4) is 10.6 Å². The Kier molecular flexibility index (Phi) is 6.74. The van der Waals surface area contributed by atoms with E-state index in [4.69, 9.17) is 0 Å². The van der Waals surface area contributed by atoms with Crippen LogP contribution in [0.2, 0.25) is 0 Å². The first-order chi connectivity index (χ1) is 13.4. The van der Waals surface area contributed by atoms with Crippen LogP contribution in [0.15, 0.2) is 48.8 Å². The summed E-state index contributed by atoms with van der Waals surface area (Å²) in [5.74, 6) is 1.21. The number of aromatic nitrogens is 2. The summed E-state index contributed by atoms with van der Waals surface area (Å²) in [6.07, 6.45) is 6.07. The third kappa shape index (κ3) is 5.14. The molecule has 0 spiro atoms. The summed E-state index contributed by atoms with van der Waals surface area (Å²) in [6, 6.07) is 12.6. The van der Waals surface area contributed by atoms with Gasteiger partial charge in [-0.3, -0.25) is 9.78 Å². The molecule has 3 rings (SSSR count). The first-order valence-electron chi connectivity index (χ1n) is 9.91. The van der Waals surface area contributed by atoms with E-state index in [-0.39, 0.29) is 5.78 Å². The zero-order valence-electron chi connectivity index (χ0n) is 17.1. The van der Waals surface area contributed by atoms with Crippen molar-refractivity contribution < 1.29 is 4.79 Å². The third-order valence-electron chi connectivity index (χ3n) is 4.98. The molecule has 0 saturated carbocycles. The molecule has 0 bridgehead atoms. The predicted octanol–water partition coefficient (Wildman–Crippen LogP) is 6.61. The minimum atomic E-state index is 0.200. The van der Waals surface area contributed by atoms with Crippen LogP contribution in [0.5, 0.6) is 0 Å². The highest BCUT2D eigenvalue weighted by molar-refractivity contribution is 7.17. The standard InChI is InChI=1S/C24H28N2OS/c1-16(2)14-20(19-9-7-17(3)8-10-19)11-12-22(27)23-18(4)26-24(28-23)21-6-5-13-25-15-21/h5-10,13,15-16,20H,11-12,14H2,1-4H3. The lowest BCUT2D eigenvalue weighted by atomic mass is 9.86. The molecule has 146 valence electrons. The van der Waals surface area contributed by atoms with E-state index in [1.54, 1.807) is 12.4 Å². The van der Waals surface area contributed by atoms with Crippen LogP contribution in [0, 0.1) is 19.8 Å². The van der Waals surface area contributed by atoms with E-state index < -0.39 is 0 Å². The molecule has 0 saturated heterocycles. The summed E-state index contributed by atoms with van der Waals surface area (Å²) >= 11 is 1.48. The average molecular weight is 393 g/mol. The van der Waals surface area contributed by atoms with E-state index in [0.717, 1.165) is 34.0 Å². The lowest BCUT2D eigenvalue weighted by Gasteiger charge is -2.19. The Morgan fingerprint density at radius 1 is 1.11 bits per heavy atom. The highest BCUT2D eigenvalue weighted by atomic mass is 32.1. The fourth-order valence-electron chi connectivity index (χ4n) is 3.51. The molecular formula is C24H28N2OS. The molecule has 1 unspecified atom stereocenters. The number of nitrogens with zero attached hydrogens (tertiary/aromatic N) is 2. The van der Waals surface area contributed by atoms with Gasteiger partial charge in [0.25, 0.3) is 0 Å². The maximum atomic E-state index is 12.9. The molecule has 0 radical (unpaired) electrons. The molecule has 3 nitrogen and oxygen atoms in total. The van der Waals surface area contributed by atoms with Gasteiger partial charge in [-0.05, 0) is 56.2 Å². The smallest absolute Gasteiger partial charge is 0.174 e. The highest BCUT2D eigenvalue weighted by Crippen LogP contribution is 2.32. The van der Waals surface area contributed by atoms with Gasteiger partial charge in [-0.2, -0.15) is 0 Å². The maximum absolute atomic E-state index is 12.9. The van der Waals surface area contributed by atoms with Crippen molar-refractivity contribution in [1.29, 1.82) is 0 Å². The van der Waals surface area contributed by atoms with Gasteiger partial charge in [-0.1, -0.05) is 43.7 Å². The molecule has 0 aliphatic rings. The Morgan fingerprint density at radius 2 is 1.86 bits per heavy atom. The molecule has 0 amide bonds. The van der Waals surface area contributed by atoms with Crippen molar-refractivity contribution in [2.24, 2.45) is 5.92 Å².